The summed E-state index contributed by atoms with van der Waals surface area (Å²) < 4.78 is 5.15. The zero-order chi connectivity index (χ0) is 8.16. The normalized spacial score (nSPS) is 22.1. The Hall–Kier alpha value is -0.810. The molecule has 0 aromatic heterocycles. The lowest BCUT2D eigenvalue weighted by Gasteiger charge is -2.29. The van der Waals surface area contributed by atoms with E-state index in [2.05, 4.69) is 5.92 Å². The van der Waals surface area contributed by atoms with Gasteiger partial charge in [-0.2, -0.15) is 0 Å². The molecule has 0 radical (unpaired) electrons. The van der Waals surface area contributed by atoms with E-state index in [0.29, 0.717) is 19.6 Å². The van der Waals surface area contributed by atoms with Crippen LogP contribution in [0.2, 0.25) is 0 Å². The standard InChI is InChI=1S/C9H12O2/c1-2-3-9(8-10)4-6-11-7-5-9/h1,8H,3-7H2. The summed E-state index contributed by atoms with van der Waals surface area (Å²) >= 11 is 0. The van der Waals surface area contributed by atoms with Crippen LogP contribution in [0.15, 0.2) is 0 Å². The molecule has 1 saturated heterocycles. The molecule has 0 amide bonds. The molecule has 0 unspecified atom stereocenters. The lowest BCUT2D eigenvalue weighted by Crippen LogP contribution is -2.30. The van der Waals surface area contributed by atoms with Crippen molar-refractivity contribution in [2.75, 3.05) is 13.2 Å². The number of hydrogen-bond donors (Lipinski definition) is 0. The van der Waals surface area contributed by atoms with Crippen molar-refractivity contribution in [3.63, 3.8) is 0 Å². The molecule has 1 heterocycles. The van der Waals surface area contributed by atoms with Gasteiger partial charge in [-0.1, -0.05) is 0 Å². The van der Waals surface area contributed by atoms with Crippen molar-refractivity contribution < 1.29 is 9.53 Å². The summed E-state index contributed by atoms with van der Waals surface area (Å²) in [4.78, 5) is 10.7. The molecule has 0 aromatic carbocycles. The summed E-state index contributed by atoms with van der Waals surface area (Å²) in [5.41, 5.74) is -0.271. The first kappa shape index (κ1) is 8.29. The maximum Gasteiger partial charge on any atom is 0.127 e. The minimum absolute atomic E-state index is 0.271. The fraction of sp³-hybridized carbons (Fsp3) is 0.667. The highest BCUT2D eigenvalue weighted by Crippen LogP contribution is 2.31. The van der Waals surface area contributed by atoms with E-state index in [1.807, 2.05) is 0 Å². The van der Waals surface area contributed by atoms with Crippen LogP contribution in [0, 0.1) is 17.8 Å². The van der Waals surface area contributed by atoms with Crippen molar-refractivity contribution in [1.29, 1.82) is 0 Å². The van der Waals surface area contributed by atoms with E-state index >= 15 is 0 Å². The van der Waals surface area contributed by atoms with Crippen LogP contribution in [0.5, 0.6) is 0 Å². The molecule has 11 heavy (non-hydrogen) atoms. The Bertz CT molecular complexity index is 172. The molecular weight excluding hydrogens is 140 g/mol. The molecule has 2 nitrogen and oxygen atoms in total. The molecule has 0 saturated carbocycles. The highest BCUT2D eigenvalue weighted by molar-refractivity contribution is 5.60. The van der Waals surface area contributed by atoms with Crippen LogP contribution in [-0.2, 0) is 9.53 Å². The van der Waals surface area contributed by atoms with E-state index in [1.165, 1.54) is 0 Å². The summed E-state index contributed by atoms with van der Waals surface area (Å²) in [6.07, 6.45) is 8.28. The Morgan fingerprint density at radius 1 is 1.55 bits per heavy atom. The third-order valence-corrected chi connectivity index (χ3v) is 2.19. The molecule has 0 N–H and O–H groups in total. The third kappa shape index (κ3) is 1.81. The van der Waals surface area contributed by atoms with Crippen molar-refractivity contribution in [1.82, 2.24) is 0 Å². The minimum Gasteiger partial charge on any atom is -0.381 e. The topological polar surface area (TPSA) is 26.3 Å². The van der Waals surface area contributed by atoms with Gasteiger partial charge in [0.15, 0.2) is 0 Å². The number of aldehydes is 1. The second kappa shape index (κ2) is 3.54. The second-order valence-corrected chi connectivity index (χ2v) is 2.97. The number of carbonyl (C=O) groups is 1. The number of carbonyl (C=O) groups excluding carboxylic acids is 1. The van der Waals surface area contributed by atoms with Gasteiger partial charge in [-0.15, -0.1) is 12.3 Å². The fourth-order valence-corrected chi connectivity index (χ4v) is 1.32. The van der Waals surface area contributed by atoms with Gasteiger partial charge in [0.25, 0.3) is 0 Å². The van der Waals surface area contributed by atoms with Crippen molar-refractivity contribution in [2.24, 2.45) is 5.41 Å². The molecule has 1 aliphatic rings. The number of ether oxygens (including phenoxy) is 1. The molecule has 2 heteroatoms. The van der Waals surface area contributed by atoms with E-state index in [-0.39, 0.29) is 5.41 Å². The Morgan fingerprint density at radius 3 is 2.64 bits per heavy atom. The first-order chi connectivity index (χ1) is 5.33. The zero-order valence-electron chi connectivity index (χ0n) is 6.51. The maximum atomic E-state index is 10.7. The first-order valence-corrected chi connectivity index (χ1v) is 3.80. The average molecular weight is 152 g/mol. The molecular formula is C9H12O2. The van der Waals surface area contributed by atoms with Crippen LogP contribution in [0.4, 0.5) is 0 Å². The lowest BCUT2D eigenvalue weighted by molar-refractivity contribution is -0.121. The molecule has 60 valence electrons. The van der Waals surface area contributed by atoms with Gasteiger partial charge < -0.3 is 9.53 Å². The Morgan fingerprint density at radius 2 is 2.18 bits per heavy atom. The van der Waals surface area contributed by atoms with Crippen LogP contribution >= 0.6 is 0 Å². The quantitative estimate of drug-likeness (QED) is 0.436. The van der Waals surface area contributed by atoms with E-state index in [0.717, 1.165) is 19.1 Å². The molecule has 0 spiro atoms. The Balaban J connectivity index is 2.58. The van der Waals surface area contributed by atoms with Gasteiger partial charge in [0.1, 0.15) is 6.29 Å². The zero-order valence-corrected chi connectivity index (χ0v) is 6.51. The fourth-order valence-electron chi connectivity index (χ4n) is 1.32. The van der Waals surface area contributed by atoms with E-state index in [9.17, 15) is 4.79 Å². The summed E-state index contributed by atoms with van der Waals surface area (Å²) in [5.74, 6) is 2.54. The minimum atomic E-state index is -0.271. The van der Waals surface area contributed by atoms with Crippen LogP contribution < -0.4 is 0 Å². The summed E-state index contributed by atoms with van der Waals surface area (Å²) in [5, 5.41) is 0. The average Bonchev–Trinajstić information content (AvgIpc) is 2.07. The van der Waals surface area contributed by atoms with Gasteiger partial charge in [0.05, 0.1) is 0 Å². The molecule has 0 bridgehead atoms. The molecule has 0 atom stereocenters. The number of hydrogen-bond acceptors (Lipinski definition) is 2. The Kier molecular flexibility index (Phi) is 2.67. The Labute approximate surface area is 66.9 Å². The van der Waals surface area contributed by atoms with Gasteiger partial charge in [-0.3, -0.25) is 0 Å². The van der Waals surface area contributed by atoms with E-state index < -0.39 is 0 Å². The molecule has 0 aromatic rings. The van der Waals surface area contributed by atoms with Crippen molar-refractivity contribution in [2.45, 2.75) is 19.3 Å². The highest BCUT2D eigenvalue weighted by atomic mass is 16.5. The molecule has 1 aliphatic heterocycles. The molecule has 1 fully saturated rings. The SMILES string of the molecule is C#CCC1(C=O)CCOCC1. The monoisotopic (exact) mass is 152 g/mol. The van der Waals surface area contributed by atoms with Gasteiger partial charge in [-0.05, 0) is 12.8 Å². The van der Waals surface area contributed by atoms with Gasteiger partial charge in [0.2, 0.25) is 0 Å². The summed E-state index contributed by atoms with van der Waals surface area (Å²) in [7, 11) is 0. The molecule has 1 rings (SSSR count). The van der Waals surface area contributed by atoms with Crippen LogP contribution in [0.25, 0.3) is 0 Å². The van der Waals surface area contributed by atoms with Crippen LogP contribution in [-0.4, -0.2) is 19.5 Å². The number of rotatable bonds is 2. The van der Waals surface area contributed by atoms with E-state index in [4.69, 9.17) is 11.2 Å². The van der Waals surface area contributed by atoms with Crippen LogP contribution in [0.1, 0.15) is 19.3 Å². The van der Waals surface area contributed by atoms with Crippen molar-refractivity contribution >= 4 is 6.29 Å². The third-order valence-electron chi connectivity index (χ3n) is 2.19. The summed E-state index contributed by atoms with van der Waals surface area (Å²) in [6.45, 7) is 1.33. The van der Waals surface area contributed by atoms with Gasteiger partial charge in [0, 0.05) is 25.0 Å². The van der Waals surface area contributed by atoms with Gasteiger partial charge in [-0.25, -0.2) is 0 Å². The first-order valence-electron chi connectivity index (χ1n) is 3.80. The van der Waals surface area contributed by atoms with E-state index in [1.54, 1.807) is 0 Å². The second-order valence-electron chi connectivity index (χ2n) is 2.97. The largest absolute Gasteiger partial charge is 0.381 e. The smallest absolute Gasteiger partial charge is 0.127 e. The lowest BCUT2D eigenvalue weighted by atomic mass is 9.79. The highest BCUT2D eigenvalue weighted by Gasteiger charge is 2.31. The predicted octanol–water partition coefficient (Wildman–Crippen LogP) is 1.01. The van der Waals surface area contributed by atoms with Crippen molar-refractivity contribution in [3.05, 3.63) is 0 Å². The van der Waals surface area contributed by atoms with Gasteiger partial charge >= 0.3 is 0 Å². The van der Waals surface area contributed by atoms with Crippen LogP contribution in [0.3, 0.4) is 0 Å². The predicted molar refractivity (Wildman–Crippen MR) is 42.0 cm³/mol. The summed E-state index contributed by atoms with van der Waals surface area (Å²) in [6, 6.07) is 0. The number of terminal acetylenes is 1. The molecule has 0 aliphatic carbocycles. The maximum absolute atomic E-state index is 10.7. The van der Waals surface area contributed by atoms with Crippen molar-refractivity contribution in [3.8, 4) is 12.3 Å².